The second-order valence-electron chi connectivity index (χ2n) is 0. The Kier molecular flexibility index (Phi) is 116. The van der Waals surface area contributed by atoms with Crippen LogP contribution >= 0.6 is 0 Å². The molecule has 0 bridgehead atoms. The fourth-order valence-corrected chi connectivity index (χ4v) is 0. The topological polar surface area (TPSA) is 0 Å². The molecule has 0 rings (SSSR count). The summed E-state index contributed by atoms with van der Waals surface area (Å²) < 4.78 is 0. The Morgan fingerprint density at radius 1 is 1.20 bits per heavy atom. The van der Waals surface area contributed by atoms with Gasteiger partial charge in [0.25, 0.3) is 0 Å². The fraction of sp³-hybridized carbons (Fsp3) is 0. The van der Waals surface area contributed by atoms with Gasteiger partial charge in [0, 0.05) is 41.5 Å². The van der Waals surface area contributed by atoms with Gasteiger partial charge in [-0.3, -0.25) is 0 Å². The molecule has 0 aromatic heterocycles. The van der Waals surface area contributed by atoms with Crippen molar-refractivity contribution in [3.63, 3.8) is 0 Å². The molecule has 37 valence electrons. The van der Waals surface area contributed by atoms with E-state index in [2.05, 4.69) is 17.8 Å². The summed E-state index contributed by atoms with van der Waals surface area (Å²) in [6.45, 7) is 0. The van der Waals surface area contributed by atoms with E-state index in [-0.39, 0.29) is 71.0 Å². The van der Waals surface area contributed by atoms with Crippen molar-refractivity contribution < 1.29 is 76.4 Å². The average molecular weight is 570 g/mol. The standard InChI is InChI=1S/Au.Na.Pd.Pt.Ti.H. The molecule has 0 aliphatic rings. The summed E-state index contributed by atoms with van der Waals surface area (Å²) in [5, 5.41) is 0. The monoisotopic (exact) mass is 570 g/mol. The predicted octanol–water partition coefficient (Wildman–Crippen LogP) is -0.659. The third-order valence-corrected chi connectivity index (χ3v) is 0. The normalized spacial score (nSPS) is 1.00. The molecule has 0 nitrogen and oxygen atoms in total. The summed E-state index contributed by atoms with van der Waals surface area (Å²) >= 11 is 4.22. The molecule has 0 amide bonds. The van der Waals surface area contributed by atoms with Crippen molar-refractivity contribution in [2.45, 2.75) is 0 Å². The van der Waals surface area contributed by atoms with Crippen molar-refractivity contribution in [2.75, 3.05) is 0 Å². The average Bonchev–Trinajstić information content (AvgIpc) is 1.00. The molecule has 0 atom stereocenters. The van der Waals surface area contributed by atoms with Gasteiger partial charge in [-0.15, -0.1) is 0 Å². The van der Waals surface area contributed by atoms with E-state index in [0.717, 1.165) is 0 Å². The minimum absolute atomic E-state index is 0. The Bertz CT molecular complexity index is 11.6. The first-order valence-corrected chi connectivity index (χ1v) is 5.09. The van der Waals surface area contributed by atoms with E-state index in [9.17, 15) is 0 Å². The van der Waals surface area contributed by atoms with Gasteiger partial charge in [-0.25, -0.2) is 0 Å². The van der Waals surface area contributed by atoms with Crippen molar-refractivity contribution in [2.24, 2.45) is 0 Å². The van der Waals surface area contributed by atoms with Gasteiger partial charge in [-0.05, 0) is 0 Å². The van der Waals surface area contributed by atoms with Gasteiger partial charge in [0.05, 0.1) is 0 Å². The first-order chi connectivity index (χ1) is 1.00. The van der Waals surface area contributed by atoms with Crippen LogP contribution in [0.3, 0.4) is 0 Å². The molecule has 5 heavy (non-hydrogen) atoms. The van der Waals surface area contributed by atoms with Gasteiger partial charge in [0.15, 0.2) is 0 Å². The minimum atomic E-state index is 0. The van der Waals surface area contributed by atoms with E-state index >= 15 is 0 Å². The first kappa shape index (κ1) is 23.2. The SMILES string of the molecule is [NaH].[Pd].[Pt].[Ti][Au]. The van der Waals surface area contributed by atoms with Gasteiger partial charge in [0.2, 0.25) is 0 Å². The van der Waals surface area contributed by atoms with E-state index in [0.29, 0.717) is 0 Å². The summed E-state index contributed by atoms with van der Waals surface area (Å²) in [5.74, 6) is 0. The zero-order chi connectivity index (χ0) is 2.00. The van der Waals surface area contributed by atoms with E-state index in [4.69, 9.17) is 0 Å². The molecule has 0 saturated heterocycles. The zero-order valence-electron chi connectivity index (χ0n) is 1.43. The van der Waals surface area contributed by atoms with Gasteiger partial charge < -0.3 is 0 Å². The maximum atomic E-state index is 2.28. The van der Waals surface area contributed by atoms with E-state index < -0.39 is 0 Å². The van der Waals surface area contributed by atoms with Crippen molar-refractivity contribution in [3.05, 3.63) is 0 Å². The van der Waals surface area contributed by atoms with Crippen LogP contribution in [0.1, 0.15) is 0 Å². The van der Waals surface area contributed by atoms with Crippen molar-refractivity contribution in [1.82, 2.24) is 0 Å². The maximum absolute atomic E-state index is 2.28. The summed E-state index contributed by atoms with van der Waals surface area (Å²) in [4.78, 5) is 0. The molecule has 0 unspecified atom stereocenters. The quantitative estimate of drug-likeness (QED) is 0.340. The molecule has 5 heteroatoms. The molecule has 0 spiro atoms. The number of hydrogen-bond acceptors (Lipinski definition) is 0. The summed E-state index contributed by atoms with van der Waals surface area (Å²) in [6, 6.07) is 0. The molecule has 0 heterocycles. The summed E-state index contributed by atoms with van der Waals surface area (Å²) in [7, 11) is 0. The third kappa shape index (κ3) is 18.2. The van der Waals surface area contributed by atoms with Crippen LogP contribution in [0.2, 0.25) is 0 Å². The second kappa shape index (κ2) is 25.0. The molecule has 0 aromatic rings. The van der Waals surface area contributed by atoms with Crippen LogP contribution in [0.5, 0.6) is 0 Å². The first-order valence-electron chi connectivity index (χ1n) is 0.151. The van der Waals surface area contributed by atoms with Crippen LogP contribution in [0, 0.1) is 0 Å². The van der Waals surface area contributed by atoms with Crippen LogP contribution in [0.15, 0.2) is 0 Å². The molecule has 0 N–H and O–H groups in total. The van der Waals surface area contributed by atoms with Crippen molar-refractivity contribution >= 4 is 29.6 Å². The number of rotatable bonds is 0. The van der Waals surface area contributed by atoms with Crippen molar-refractivity contribution in [3.8, 4) is 0 Å². The van der Waals surface area contributed by atoms with Gasteiger partial charge in [0.1, 0.15) is 0 Å². The van der Waals surface area contributed by atoms with Crippen LogP contribution in [-0.2, 0) is 76.4 Å². The Morgan fingerprint density at radius 2 is 1.20 bits per heavy atom. The van der Waals surface area contributed by atoms with E-state index in [1.54, 1.807) is 0 Å². The van der Waals surface area contributed by atoms with E-state index in [1.165, 1.54) is 0 Å². The molecule has 0 aromatic carbocycles. The number of hydrogen-bond donors (Lipinski definition) is 0. The fourth-order valence-electron chi connectivity index (χ4n) is 0. The van der Waals surface area contributed by atoms with Gasteiger partial charge in [-0.2, -0.15) is 0 Å². The molecule has 0 aliphatic carbocycles. The van der Waals surface area contributed by atoms with Gasteiger partial charge in [-0.1, -0.05) is 0 Å². The Hall–Kier alpha value is 3.81. The van der Waals surface area contributed by atoms with Gasteiger partial charge >= 0.3 is 64.4 Å². The molecule has 0 saturated carbocycles. The molecular formula is HAuNaPdPtTi. The van der Waals surface area contributed by atoms with E-state index in [1.807, 2.05) is 17.1 Å². The predicted molar refractivity (Wildman–Crippen MR) is 7.15 cm³/mol. The Morgan fingerprint density at radius 3 is 1.20 bits per heavy atom. The Balaban J connectivity index is -0.00000000167. The summed E-state index contributed by atoms with van der Waals surface area (Å²) in [6.07, 6.45) is 0. The van der Waals surface area contributed by atoms with Crippen LogP contribution in [-0.4, -0.2) is 29.6 Å². The third-order valence-electron chi connectivity index (χ3n) is 0. The van der Waals surface area contributed by atoms with Crippen LogP contribution in [0.4, 0.5) is 0 Å². The molecule has 0 radical (unpaired) electrons. The van der Waals surface area contributed by atoms with Crippen molar-refractivity contribution in [1.29, 1.82) is 0 Å². The molecule has 0 aliphatic heterocycles. The second-order valence-corrected chi connectivity index (χ2v) is 0. The molecule has 0 fully saturated rings. The summed E-state index contributed by atoms with van der Waals surface area (Å²) in [5.41, 5.74) is 0. The van der Waals surface area contributed by atoms with Crippen LogP contribution in [0.25, 0.3) is 0 Å². The molecular weight excluding hydrogens is 569 g/mol. The zero-order valence-corrected chi connectivity index (χ0v) is 8.99. The Labute approximate surface area is 103 Å². The van der Waals surface area contributed by atoms with Crippen LogP contribution < -0.4 is 0 Å².